The van der Waals surface area contributed by atoms with Crippen LogP contribution in [0.3, 0.4) is 0 Å². The Balaban J connectivity index is 2.15. The van der Waals surface area contributed by atoms with E-state index in [1.807, 2.05) is 7.05 Å². The Morgan fingerprint density at radius 3 is 2.38 bits per heavy atom. The first kappa shape index (κ1) is 6.09. The molecule has 0 N–H and O–H groups in total. The average Bonchev–Trinajstić information content (AvgIpc) is 2.53. The van der Waals surface area contributed by atoms with E-state index in [0.29, 0.717) is 6.04 Å². The fraction of sp³-hybridized carbons (Fsp3) is 1.00. The number of rotatable bonds is 3. The molecule has 0 saturated heterocycles. The lowest BCUT2D eigenvalue weighted by Crippen LogP contribution is -2.19. The molecule has 1 radical (unpaired) electrons. The van der Waals surface area contributed by atoms with Gasteiger partial charge in [0, 0.05) is 13.1 Å². The lowest BCUT2D eigenvalue weighted by Gasteiger charge is -2.08. The van der Waals surface area contributed by atoms with Crippen molar-refractivity contribution in [2.24, 2.45) is 5.92 Å². The smallest absolute Gasteiger partial charge is 0.0268 e. The molecule has 1 atom stereocenters. The van der Waals surface area contributed by atoms with Crippen molar-refractivity contribution in [1.29, 1.82) is 0 Å². The summed E-state index contributed by atoms with van der Waals surface area (Å²) >= 11 is 0. The Bertz CT molecular complexity index is 62.8. The molecule has 47 valence electrons. The van der Waals surface area contributed by atoms with Crippen LogP contribution >= 0.6 is 0 Å². The summed E-state index contributed by atoms with van der Waals surface area (Å²) in [7, 11) is 1.94. The maximum Gasteiger partial charge on any atom is 0.0268 e. The van der Waals surface area contributed by atoms with Crippen molar-refractivity contribution in [2.75, 3.05) is 7.05 Å². The van der Waals surface area contributed by atoms with Gasteiger partial charge in [-0.15, -0.1) is 0 Å². The Morgan fingerprint density at radius 1 is 1.62 bits per heavy atom. The molecule has 1 fully saturated rings. The monoisotopic (exact) mass is 112 g/mol. The Labute approximate surface area is 51.5 Å². The Kier molecular flexibility index (Phi) is 1.90. The molecule has 0 aromatic heterocycles. The molecule has 0 aromatic rings. The molecule has 8 heavy (non-hydrogen) atoms. The van der Waals surface area contributed by atoms with Gasteiger partial charge >= 0.3 is 0 Å². The van der Waals surface area contributed by atoms with Gasteiger partial charge in [0.1, 0.15) is 0 Å². The molecule has 0 heterocycles. The van der Waals surface area contributed by atoms with Crippen molar-refractivity contribution in [1.82, 2.24) is 5.32 Å². The summed E-state index contributed by atoms with van der Waals surface area (Å²) in [6.07, 6.45) is 4.09. The van der Waals surface area contributed by atoms with Crippen LogP contribution in [0.1, 0.15) is 26.2 Å². The van der Waals surface area contributed by atoms with Gasteiger partial charge in [0.2, 0.25) is 0 Å². The van der Waals surface area contributed by atoms with Crippen molar-refractivity contribution < 1.29 is 0 Å². The minimum Gasteiger partial charge on any atom is -0.242 e. The van der Waals surface area contributed by atoms with Gasteiger partial charge in [-0.3, -0.25) is 0 Å². The minimum absolute atomic E-state index is 0.690. The summed E-state index contributed by atoms with van der Waals surface area (Å²) in [4.78, 5) is 0. The van der Waals surface area contributed by atoms with E-state index in [-0.39, 0.29) is 0 Å². The predicted molar refractivity (Wildman–Crippen MR) is 34.9 cm³/mol. The van der Waals surface area contributed by atoms with Gasteiger partial charge in [0.15, 0.2) is 0 Å². The predicted octanol–water partition coefficient (Wildman–Crippen LogP) is 1.41. The fourth-order valence-corrected chi connectivity index (χ4v) is 1.21. The molecule has 0 aromatic carbocycles. The summed E-state index contributed by atoms with van der Waals surface area (Å²) in [5.74, 6) is 0.963. The second kappa shape index (κ2) is 2.49. The number of hydrogen-bond acceptors (Lipinski definition) is 0. The normalized spacial score (nSPS) is 23.2. The highest BCUT2D eigenvalue weighted by atomic mass is 14.9. The lowest BCUT2D eigenvalue weighted by molar-refractivity contribution is 0.481. The van der Waals surface area contributed by atoms with Gasteiger partial charge in [0.05, 0.1) is 0 Å². The van der Waals surface area contributed by atoms with Crippen molar-refractivity contribution in [3.8, 4) is 0 Å². The third-order valence-electron chi connectivity index (χ3n) is 1.92. The van der Waals surface area contributed by atoms with Crippen LogP contribution in [0.2, 0.25) is 0 Å². The molecular formula is C7H14N. The number of hydrogen-bond donors (Lipinski definition) is 0. The Hall–Kier alpha value is -0.0400. The first-order chi connectivity index (χ1) is 3.88. The van der Waals surface area contributed by atoms with Crippen LogP contribution in [0, 0.1) is 5.92 Å². The highest BCUT2D eigenvalue weighted by Gasteiger charge is 2.28. The fourth-order valence-electron chi connectivity index (χ4n) is 1.21. The second-order valence-electron chi connectivity index (χ2n) is 2.57. The second-order valence-corrected chi connectivity index (χ2v) is 2.57. The van der Waals surface area contributed by atoms with E-state index in [2.05, 4.69) is 12.2 Å². The van der Waals surface area contributed by atoms with Crippen LogP contribution in [-0.2, 0) is 0 Å². The first-order valence-electron chi connectivity index (χ1n) is 3.47. The van der Waals surface area contributed by atoms with Gasteiger partial charge in [-0.2, -0.15) is 0 Å². The van der Waals surface area contributed by atoms with E-state index in [9.17, 15) is 0 Å². The molecule has 0 spiro atoms. The molecule has 1 aliphatic rings. The van der Waals surface area contributed by atoms with E-state index in [1.165, 1.54) is 19.3 Å². The molecule has 1 saturated carbocycles. The first-order valence-corrected chi connectivity index (χ1v) is 3.47. The van der Waals surface area contributed by atoms with Gasteiger partial charge < -0.3 is 0 Å². The largest absolute Gasteiger partial charge is 0.242 e. The zero-order chi connectivity index (χ0) is 5.98. The summed E-state index contributed by atoms with van der Waals surface area (Å²) in [6, 6.07) is 0.690. The quantitative estimate of drug-likeness (QED) is 0.524. The van der Waals surface area contributed by atoms with Crippen molar-refractivity contribution in [3.05, 3.63) is 0 Å². The molecule has 1 unspecified atom stereocenters. The molecule has 0 aliphatic heterocycles. The maximum absolute atomic E-state index is 4.27. The molecule has 1 rings (SSSR count). The van der Waals surface area contributed by atoms with E-state index >= 15 is 0 Å². The van der Waals surface area contributed by atoms with E-state index < -0.39 is 0 Å². The molecule has 1 nitrogen and oxygen atoms in total. The van der Waals surface area contributed by atoms with Gasteiger partial charge in [-0.05, 0) is 25.2 Å². The van der Waals surface area contributed by atoms with Crippen LogP contribution in [0.15, 0.2) is 0 Å². The summed E-state index contributed by atoms with van der Waals surface area (Å²) in [5.41, 5.74) is 0. The van der Waals surface area contributed by atoms with Gasteiger partial charge in [-0.1, -0.05) is 6.92 Å². The topological polar surface area (TPSA) is 14.1 Å². The van der Waals surface area contributed by atoms with Crippen LogP contribution < -0.4 is 5.32 Å². The van der Waals surface area contributed by atoms with Crippen LogP contribution in [0.25, 0.3) is 0 Å². The van der Waals surface area contributed by atoms with Gasteiger partial charge in [-0.25, -0.2) is 5.32 Å². The third kappa shape index (κ3) is 1.22. The van der Waals surface area contributed by atoms with Crippen LogP contribution in [0.5, 0.6) is 0 Å². The molecular weight excluding hydrogens is 98.1 g/mol. The van der Waals surface area contributed by atoms with Crippen LogP contribution in [-0.4, -0.2) is 13.1 Å². The van der Waals surface area contributed by atoms with Crippen LogP contribution in [0.4, 0.5) is 0 Å². The third-order valence-corrected chi connectivity index (χ3v) is 1.92. The average molecular weight is 112 g/mol. The van der Waals surface area contributed by atoms with Crippen molar-refractivity contribution in [2.45, 2.75) is 32.2 Å². The number of nitrogens with zero attached hydrogens (tertiary/aromatic N) is 1. The molecule has 1 aliphatic carbocycles. The molecule has 0 bridgehead atoms. The maximum atomic E-state index is 4.27. The SMILES string of the molecule is CCC([N]C)C1CC1. The summed E-state index contributed by atoms with van der Waals surface area (Å²) < 4.78 is 0. The Morgan fingerprint density at radius 2 is 2.25 bits per heavy atom. The standard InChI is InChI=1S/C7H14N/c1-3-7(8-2)6-4-5-6/h6-7H,3-5H2,1-2H3. The summed E-state index contributed by atoms with van der Waals surface area (Å²) in [5, 5.41) is 4.27. The zero-order valence-electron chi connectivity index (χ0n) is 5.72. The lowest BCUT2D eigenvalue weighted by atomic mass is 10.1. The zero-order valence-corrected chi connectivity index (χ0v) is 5.72. The van der Waals surface area contributed by atoms with E-state index in [0.717, 1.165) is 5.92 Å². The van der Waals surface area contributed by atoms with Crippen molar-refractivity contribution in [3.63, 3.8) is 0 Å². The highest BCUT2D eigenvalue weighted by Crippen LogP contribution is 2.33. The van der Waals surface area contributed by atoms with E-state index in [1.54, 1.807) is 0 Å². The molecule has 0 amide bonds. The summed E-state index contributed by atoms with van der Waals surface area (Å²) in [6.45, 7) is 2.22. The van der Waals surface area contributed by atoms with E-state index in [4.69, 9.17) is 0 Å². The minimum atomic E-state index is 0.690. The van der Waals surface area contributed by atoms with Crippen molar-refractivity contribution >= 4 is 0 Å². The highest BCUT2D eigenvalue weighted by molar-refractivity contribution is 4.83. The van der Waals surface area contributed by atoms with Gasteiger partial charge in [0.25, 0.3) is 0 Å². The molecule has 1 heteroatoms.